The first kappa shape index (κ1) is 17.9. The maximum absolute atomic E-state index is 12.9. The molecule has 5 nitrogen and oxygen atoms in total. The van der Waals surface area contributed by atoms with Crippen LogP contribution in [0.25, 0.3) is 0 Å². The average Bonchev–Trinajstić information content (AvgIpc) is 3.11. The monoisotopic (exact) mass is 367 g/mol. The quantitative estimate of drug-likeness (QED) is 0.852. The number of hydrogen-bond donors (Lipinski definition) is 2. The van der Waals surface area contributed by atoms with Gasteiger partial charge in [-0.1, -0.05) is 12.1 Å². The molecule has 142 valence electrons. The van der Waals surface area contributed by atoms with Crippen molar-refractivity contribution >= 4 is 5.91 Å². The number of carbonyl (C=O) groups excluding carboxylic acids is 1. The fraction of sp³-hybridized carbons (Fsp3) is 0.409. The molecule has 1 saturated carbocycles. The Balaban J connectivity index is 1.59. The summed E-state index contributed by atoms with van der Waals surface area (Å²) in [4.78, 5) is 12.9. The zero-order chi connectivity index (χ0) is 19.0. The van der Waals surface area contributed by atoms with Crippen molar-refractivity contribution in [3.05, 3.63) is 58.7 Å². The van der Waals surface area contributed by atoms with Crippen molar-refractivity contribution in [1.29, 1.82) is 0 Å². The van der Waals surface area contributed by atoms with E-state index in [1.54, 1.807) is 13.2 Å². The molecule has 0 bridgehead atoms. The van der Waals surface area contributed by atoms with Gasteiger partial charge in [-0.15, -0.1) is 0 Å². The van der Waals surface area contributed by atoms with Gasteiger partial charge in [0.25, 0.3) is 5.91 Å². The summed E-state index contributed by atoms with van der Waals surface area (Å²) in [5, 5.41) is 13.0. The molecule has 1 unspecified atom stereocenters. The average molecular weight is 367 g/mol. The Morgan fingerprint density at radius 2 is 2.07 bits per heavy atom. The molecule has 0 radical (unpaired) electrons. The molecule has 2 N–H and O–H groups in total. The molecule has 1 heterocycles. The Morgan fingerprint density at radius 3 is 2.81 bits per heavy atom. The van der Waals surface area contributed by atoms with Gasteiger partial charge >= 0.3 is 0 Å². The van der Waals surface area contributed by atoms with Crippen molar-refractivity contribution in [1.82, 2.24) is 5.32 Å². The second kappa shape index (κ2) is 7.24. The lowest BCUT2D eigenvalue weighted by Gasteiger charge is -2.38. The molecular formula is C22H25NO4. The standard InChI is InChI=1S/C22H25NO4/c1-13-3-4-16(12-20(13)26-2)22(25)23-21(17-10-18(24)11-17)15-5-6-19-14(9-15)7-8-27-19/h3-6,9,12,17-18,21,24H,7-8,10-11H2,1-2H3,(H,23,25). The molecule has 5 heteroatoms. The summed E-state index contributed by atoms with van der Waals surface area (Å²) in [6, 6.07) is 11.5. The van der Waals surface area contributed by atoms with Crippen LogP contribution in [0, 0.1) is 12.8 Å². The van der Waals surface area contributed by atoms with Crippen LogP contribution >= 0.6 is 0 Å². The van der Waals surface area contributed by atoms with E-state index in [0.717, 1.165) is 23.3 Å². The van der Waals surface area contributed by atoms with Gasteiger partial charge < -0.3 is 19.9 Å². The van der Waals surface area contributed by atoms with Gasteiger partial charge in [-0.05, 0) is 66.6 Å². The highest BCUT2D eigenvalue weighted by Crippen LogP contribution is 2.40. The van der Waals surface area contributed by atoms with Gasteiger partial charge in [-0.2, -0.15) is 0 Å². The molecule has 1 fully saturated rings. The van der Waals surface area contributed by atoms with E-state index in [1.165, 1.54) is 5.56 Å². The lowest BCUT2D eigenvalue weighted by Crippen LogP contribution is -2.41. The molecule has 1 amide bonds. The number of benzene rings is 2. The van der Waals surface area contributed by atoms with Crippen molar-refractivity contribution in [2.24, 2.45) is 5.92 Å². The van der Waals surface area contributed by atoms with Gasteiger partial charge in [0.05, 0.1) is 25.9 Å². The smallest absolute Gasteiger partial charge is 0.251 e. The third-order valence-electron chi connectivity index (χ3n) is 5.65. The first-order valence-electron chi connectivity index (χ1n) is 9.44. The molecule has 4 rings (SSSR count). The Morgan fingerprint density at radius 1 is 1.26 bits per heavy atom. The molecule has 27 heavy (non-hydrogen) atoms. The molecule has 1 aliphatic carbocycles. The Kier molecular flexibility index (Phi) is 4.79. The predicted molar refractivity (Wildman–Crippen MR) is 102 cm³/mol. The van der Waals surface area contributed by atoms with Crippen molar-refractivity contribution in [2.45, 2.75) is 38.3 Å². The summed E-state index contributed by atoms with van der Waals surface area (Å²) in [6.45, 7) is 2.66. The lowest BCUT2D eigenvalue weighted by atomic mass is 9.74. The maximum Gasteiger partial charge on any atom is 0.251 e. The molecule has 2 aromatic rings. The van der Waals surface area contributed by atoms with E-state index in [4.69, 9.17) is 9.47 Å². The second-order valence-corrected chi connectivity index (χ2v) is 7.49. The van der Waals surface area contributed by atoms with E-state index in [1.807, 2.05) is 31.2 Å². The number of rotatable bonds is 5. The van der Waals surface area contributed by atoms with Gasteiger partial charge in [0.15, 0.2) is 0 Å². The minimum atomic E-state index is -0.272. The molecule has 2 aliphatic rings. The Bertz CT molecular complexity index is 857. The van der Waals surface area contributed by atoms with Crippen molar-refractivity contribution in [2.75, 3.05) is 13.7 Å². The van der Waals surface area contributed by atoms with Crippen molar-refractivity contribution in [3.8, 4) is 11.5 Å². The Labute approximate surface area is 159 Å². The third-order valence-corrected chi connectivity index (χ3v) is 5.65. The van der Waals surface area contributed by atoms with Gasteiger partial charge in [-0.25, -0.2) is 0 Å². The second-order valence-electron chi connectivity index (χ2n) is 7.49. The number of ether oxygens (including phenoxy) is 2. The lowest BCUT2D eigenvalue weighted by molar-refractivity contribution is 0.0235. The predicted octanol–water partition coefficient (Wildman–Crippen LogP) is 3.18. The molecule has 0 aromatic heterocycles. The number of fused-ring (bicyclic) bond motifs is 1. The molecular weight excluding hydrogens is 342 g/mol. The highest BCUT2D eigenvalue weighted by molar-refractivity contribution is 5.95. The molecule has 1 atom stereocenters. The number of nitrogens with one attached hydrogen (secondary N) is 1. The van der Waals surface area contributed by atoms with Crippen LogP contribution in [0.4, 0.5) is 0 Å². The number of aliphatic hydroxyl groups excluding tert-OH is 1. The van der Waals surface area contributed by atoms with Crippen LogP contribution in [0.5, 0.6) is 11.5 Å². The van der Waals surface area contributed by atoms with Crippen molar-refractivity contribution < 1.29 is 19.4 Å². The van der Waals surface area contributed by atoms with Gasteiger partial charge in [0, 0.05) is 12.0 Å². The zero-order valence-electron chi connectivity index (χ0n) is 15.7. The highest BCUT2D eigenvalue weighted by atomic mass is 16.5. The molecule has 1 aliphatic heterocycles. The minimum absolute atomic E-state index is 0.126. The third kappa shape index (κ3) is 3.52. The molecule has 0 spiro atoms. The SMILES string of the molecule is COc1cc(C(=O)NC(c2ccc3c(c2)CCO3)C2CC(O)C2)ccc1C. The first-order chi connectivity index (χ1) is 13.0. The summed E-state index contributed by atoms with van der Waals surface area (Å²) in [5.74, 6) is 1.74. The number of aliphatic hydroxyl groups is 1. The van der Waals surface area contributed by atoms with E-state index in [2.05, 4.69) is 11.4 Å². The largest absolute Gasteiger partial charge is 0.496 e. The van der Waals surface area contributed by atoms with E-state index in [0.29, 0.717) is 30.8 Å². The molecule has 2 aromatic carbocycles. The zero-order valence-corrected chi connectivity index (χ0v) is 15.7. The van der Waals surface area contributed by atoms with Gasteiger partial charge in [0.1, 0.15) is 11.5 Å². The van der Waals surface area contributed by atoms with Gasteiger partial charge in [-0.3, -0.25) is 4.79 Å². The number of carbonyl (C=O) groups is 1. The maximum atomic E-state index is 12.9. The summed E-state index contributed by atoms with van der Waals surface area (Å²) < 4.78 is 10.9. The van der Waals surface area contributed by atoms with Crippen LogP contribution < -0.4 is 14.8 Å². The van der Waals surface area contributed by atoms with Crippen molar-refractivity contribution in [3.63, 3.8) is 0 Å². The summed E-state index contributed by atoms with van der Waals surface area (Å²) >= 11 is 0. The summed E-state index contributed by atoms with van der Waals surface area (Å²) in [6.07, 6.45) is 2.03. The topological polar surface area (TPSA) is 67.8 Å². The number of amides is 1. The van der Waals surface area contributed by atoms with E-state index in [9.17, 15) is 9.90 Å². The number of hydrogen-bond acceptors (Lipinski definition) is 4. The van der Waals surface area contributed by atoms with Crippen LogP contribution in [-0.2, 0) is 6.42 Å². The van der Waals surface area contributed by atoms with Crippen LogP contribution in [0.2, 0.25) is 0 Å². The fourth-order valence-corrected chi connectivity index (χ4v) is 3.96. The highest BCUT2D eigenvalue weighted by Gasteiger charge is 2.36. The van der Waals surface area contributed by atoms with Gasteiger partial charge in [0.2, 0.25) is 0 Å². The van der Waals surface area contributed by atoms with E-state index < -0.39 is 0 Å². The molecule has 0 saturated heterocycles. The first-order valence-corrected chi connectivity index (χ1v) is 9.44. The minimum Gasteiger partial charge on any atom is -0.496 e. The van der Waals surface area contributed by atoms with Crippen LogP contribution in [0.15, 0.2) is 36.4 Å². The normalized spacial score (nSPS) is 21.6. The van der Waals surface area contributed by atoms with E-state index in [-0.39, 0.29) is 24.0 Å². The fourth-order valence-electron chi connectivity index (χ4n) is 3.96. The van der Waals surface area contributed by atoms with E-state index >= 15 is 0 Å². The number of aryl methyl sites for hydroxylation is 1. The van der Waals surface area contributed by atoms with Crippen LogP contribution in [0.3, 0.4) is 0 Å². The number of methoxy groups -OCH3 is 1. The Hall–Kier alpha value is -2.53. The van der Waals surface area contributed by atoms with Crippen LogP contribution in [-0.4, -0.2) is 30.8 Å². The summed E-state index contributed by atoms with van der Waals surface area (Å²) in [7, 11) is 1.61. The summed E-state index contributed by atoms with van der Waals surface area (Å²) in [5.41, 5.74) is 3.82. The van der Waals surface area contributed by atoms with Crippen LogP contribution in [0.1, 0.15) is 45.9 Å².